The summed E-state index contributed by atoms with van der Waals surface area (Å²) < 4.78 is 48.2. The highest BCUT2D eigenvalue weighted by Gasteiger charge is 2.33. The first-order chi connectivity index (χ1) is 17.1. The van der Waals surface area contributed by atoms with E-state index in [0.29, 0.717) is 18.0 Å². The summed E-state index contributed by atoms with van der Waals surface area (Å²) in [4.78, 5) is 15.0. The maximum absolute atomic E-state index is 14.6. The molecule has 1 saturated heterocycles. The zero-order valence-electron chi connectivity index (χ0n) is 20.8. The van der Waals surface area contributed by atoms with E-state index in [9.17, 15) is 17.6 Å². The van der Waals surface area contributed by atoms with Gasteiger partial charge in [0.05, 0.1) is 23.3 Å². The van der Waals surface area contributed by atoms with E-state index in [1.165, 1.54) is 17.5 Å². The van der Waals surface area contributed by atoms with Crippen molar-refractivity contribution in [2.24, 2.45) is 0 Å². The fourth-order valence-corrected chi connectivity index (χ4v) is 5.97. The lowest BCUT2D eigenvalue weighted by Gasteiger charge is -2.40. The molecule has 1 unspecified atom stereocenters. The van der Waals surface area contributed by atoms with Crippen LogP contribution in [0.25, 0.3) is 0 Å². The number of hydrogen-bond acceptors (Lipinski definition) is 5. The Hall–Kier alpha value is -3.43. The molecule has 3 aromatic carbocycles. The molecule has 1 N–H and O–H groups in total. The van der Waals surface area contributed by atoms with E-state index in [4.69, 9.17) is 4.74 Å². The van der Waals surface area contributed by atoms with Gasteiger partial charge in [-0.1, -0.05) is 18.2 Å². The summed E-state index contributed by atoms with van der Waals surface area (Å²) in [7, 11) is -2.47. The van der Waals surface area contributed by atoms with Crippen LogP contribution in [0, 0.1) is 19.7 Å². The molecule has 0 saturated carbocycles. The lowest BCUT2D eigenvalue weighted by molar-refractivity contribution is 0.102. The predicted octanol–water partition coefficient (Wildman–Crippen LogP) is 4.60. The van der Waals surface area contributed by atoms with Gasteiger partial charge >= 0.3 is 0 Å². The van der Waals surface area contributed by atoms with Gasteiger partial charge in [-0.3, -0.25) is 4.79 Å². The van der Waals surface area contributed by atoms with Crippen LogP contribution in [0.15, 0.2) is 65.6 Å². The van der Waals surface area contributed by atoms with Crippen LogP contribution in [0.5, 0.6) is 5.75 Å². The predicted molar refractivity (Wildman–Crippen MR) is 139 cm³/mol. The summed E-state index contributed by atoms with van der Waals surface area (Å²) in [5, 5.41) is 2.63. The number of nitrogens with one attached hydrogen (secondary N) is 1. The van der Waals surface area contributed by atoms with Crippen LogP contribution in [0.3, 0.4) is 0 Å². The Morgan fingerprint density at radius 3 is 2.47 bits per heavy atom. The van der Waals surface area contributed by atoms with Crippen molar-refractivity contribution in [3.8, 4) is 5.75 Å². The van der Waals surface area contributed by atoms with E-state index < -0.39 is 21.7 Å². The number of hydrogen-bond donors (Lipinski definition) is 1. The second kappa shape index (κ2) is 10.3. The van der Waals surface area contributed by atoms with Crippen molar-refractivity contribution in [2.75, 3.05) is 37.0 Å². The van der Waals surface area contributed by atoms with Gasteiger partial charge in [0.2, 0.25) is 10.0 Å². The van der Waals surface area contributed by atoms with Crippen LogP contribution in [-0.4, -0.2) is 51.4 Å². The van der Waals surface area contributed by atoms with Crippen molar-refractivity contribution in [1.29, 1.82) is 0 Å². The third-order valence-electron chi connectivity index (χ3n) is 6.35. The van der Waals surface area contributed by atoms with Gasteiger partial charge in [-0.15, -0.1) is 0 Å². The molecule has 1 fully saturated rings. The fourth-order valence-electron chi connectivity index (χ4n) is 4.43. The lowest BCUT2D eigenvalue weighted by atomic mass is 10.1. The maximum Gasteiger partial charge on any atom is 0.258 e. The van der Waals surface area contributed by atoms with Crippen molar-refractivity contribution in [2.45, 2.75) is 31.7 Å². The molecular formula is C27H30FN3O4S. The Labute approximate surface area is 211 Å². The highest BCUT2D eigenvalue weighted by molar-refractivity contribution is 7.89. The molecule has 7 nitrogen and oxygen atoms in total. The second-order valence-corrected chi connectivity index (χ2v) is 11.0. The first-order valence-corrected chi connectivity index (χ1v) is 13.1. The van der Waals surface area contributed by atoms with Gasteiger partial charge in [0.25, 0.3) is 5.91 Å². The minimum atomic E-state index is -3.94. The summed E-state index contributed by atoms with van der Waals surface area (Å²) in [6.07, 6.45) is 0. The molecule has 4 rings (SSSR count). The summed E-state index contributed by atoms with van der Waals surface area (Å²) in [5.74, 6) is -1.15. The van der Waals surface area contributed by atoms with E-state index >= 15 is 0 Å². The highest BCUT2D eigenvalue weighted by atomic mass is 32.2. The highest BCUT2D eigenvalue weighted by Crippen LogP contribution is 2.28. The molecule has 0 radical (unpaired) electrons. The Bertz CT molecular complexity index is 1390. The van der Waals surface area contributed by atoms with Gasteiger partial charge in [-0.25, -0.2) is 12.8 Å². The SMILES string of the molecule is COc1ccc(C)cc1NC(=O)c1cc(S(=O)(=O)N2CCN(c3cccc(C)c3)C(C)C2)ccc1F. The number of piperazine rings is 1. The number of anilines is 2. The van der Waals surface area contributed by atoms with Crippen molar-refractivity contribution in [1.82, 2.24) is 4.31 Å². The normalized spacial score (nSPS) is 16.6. The third kappa shape index (κ3) is 5.22. The quantitative estimate of drug-likeness (QED) is 0.523. The topological polar surface area (TPSA) is 78.9 Å². The molecule has 36 heavy (non-hydrogen) atoms. The standard InChI is InChI=1S/C27H30FN3O4S/c1-18-6-5-7-21(14-18)31-13-12-30(17-20(31)3)36(33,34)22-9-10-24(28)23(16-22)27(32)29-25-15-19(2)8-11-26(25)35-4/h5-11,14-16,20H,12-13,17H2,1-4H3,(H,29,32). The van der Waals surface area contributed by atoms with Crippen molar-refractivity contribution in [3.63, 3.8) is 0 Å². The van der Waals surface area contributed by atoms with Crippen LogP contribution < -0.4 is 15.0 Å². The van der Waals surface area contributed by atoms with Gasteiger partial charge < -0.3 is 15.0 Å². The van der Waals surface area contributed by atoms with Gasteiger partial charge in [0, 0.05) is 31.4 Å². The third-order valence-corrected chi connectivity index (χ3v) is 8.21. The number of sulfonamides is 1. The summed E-state index contributed by atoms with van der Waals surface area (Å²) in [6, 6.07) is 16.6. The molecule has 0 bridgehead atoms. The van der Waals surface area contributed by atoms with E-state index in [0.717, 1.165) is 28.9 Å². The molecule has 190 valence electrons. The number of methoxy groups -OCH3 is 1. The number of aryl methyl sites for hydroxylation is 2. The zero-order valence-corrected chi connectivity index (χ0v) is 21.6. The monoisotopic (exact) mass is 511 g/mol. The molecule has 1 amide bonds. The Morgan fingerprint density at radius 2 is 1.78 bits per heavy atom. The number of rotatable bonds is 6. The number of carbonyl (C=O) groups is 1. The molecule has 0 aromatic heterocycles. The summed E-state index contributed by atoms with van der Waals surface area (Å²) in [6.45, 7) is 6.92. The number of ether oxygens (including phenoxy) is 1. The van der Waals surface area contributed by atoms with Crippen LogP contribution in [-0.2, 0) is 10.0 Å². The number of nitrogens with zero attached hydrogens (tertiary/aromatic N) is 2. The molecule has 0 spiro atoms. The molecule has 1 atom stereocenters. The minimum absolute atomic E-state index is 0.0627. The fraction of sp³-hybridized carbons (Fsp3) is 0.296. The van der Waals surface area contributed by atoms with Crippen molar-refractivity contribution in [3.05, 3.63) is 83.2 Å². The number of amides is 1. The molecule has 3 aromatic rings. The van der Waals surface area contributed by atoms with Gasteiger partial charge in [0.1, 0.15) is 11.6 Å². The second-order valence-electron chi connectivity index (χ2n) is 9.04. The van der Waals surface area contributed by atoms with E-state index in [1.54, 1.807) is 12.1 Å². The number of carbonyl (C=O) groups excluding carboxylic acids is 1. The Kier molecular flexibility index (Phi) is 7.33. The van der Waals surface area contributed by atoms with Crippen LogP contribution in [0.2, 0.25) is 0 Å². The summed E-state index contributed by atoms with van der Waals surface area (Å²) in [5.41, 5.74) is 3.08. The average Bonchev–Trinajstić information content (AvgIpc) is 2.84. The lowest BCUT2D eigenvalue weighted by Crippen LogP contribution is -2.53. The Morgan fingerprint density at radius 1 is 1.03 bits per heavy atom. The molecule has 1 aliphatic heterocycles. The Balaban J connectivity index is 1.56. The van der Waals surface area contributed by atoms with Crippen molar-refractivity contribution >= 4 is 27.3 Å². The average molecular weight is 512 g/mol. The summed E-state index contributed by atoms with van der Waals surface area (Å²) >= 11 is 0. The van der Waals surface area contributed by atoms with Crippen molar-refractivity contribution < 1.29 is 22.3 Å². The molecular weight excluding hydrogens is 481 g/mol. The van der Waals surface area contributed by atoms with Crippen LogP contribution >= 0.6 is 0 Å². The van der Waals surface area contributed by atoms with Gasteiger partial charge in [-0.2, -0.15) is 4.31 Å². The van der Waals surface area contributed by atoms with Crippen LogP contribution in [0.1, 0.15) is 28.4 Å². The van der Waals surface area contributed by atoms with Gasteiger partial charge in [-0.05, 0) is 74.4 Å². The largest absolute Gasteiger partial charge is 0.495 e. The molecule has 1 heterocycles. The first kappa shape index (κ1) is 25.7. The van der Waals surface area contributed by atoms with E-state index in [1.807, 2.05) is 45.0 Å². The van der Waals surface area contributed by atoms with Crippen LogP contribution in [0.4, 0.5) is 15.8 Å². The first-order valence-electron chi connectivity index (χ1n) is 11.7. The number of benzene rings is 3. The van der Waals surface area contributed by atoms with Gasteiger partial charge in [0.15, 0.2) is 0 Å². The molecule has 1 aliphatic rings. The molecule has 9 heteroatoms. The van der Waals surface area contributed by atoms with E-state index in [2.05, 4.69) is 16.3 Å². The zero-order chi connectivity index (χ0) is 26.0. The van der Waals surface area contributed by atoms with E-state index in [-0.39, 0.29) is 29.6 Å². The smallest absolute Gasteiger partial charge is 0.258 e. The maximum atomic E-state index is 14.6. The molecule has 0 aliphatic carbocycles. The number of halogens is 1. The minimum Gasteiger partial charge on any atom is -0.495 e.